The van der Waals surface area contributed by atoms with Crippen LogP contribution in [-0.4, -0.2) is 38.0 Å². The van der Waals surface area contributed by atoms with Crippen LogP contribution in [0, 0.1) is 17.5 Å². The van der Waals surface area contributed by atoms with Gasteiger partial charge in [-0.2, -0.15) is 4.39 Å². The normalized spacial score (nSPS) is 16.0. The third-order valence-electron chi connectivity index (χ3n) is 6.01. The molecule has 2 aromatic heterocycles. The lowest BCUT2D eigenvalue weighted by atomic mass is 9.82. The molecule has 2 N–H and O–H groups in total. The second-order valence-electron chi connectivity index (χ2n) is 8.41. The van der Waals surface area contributed by atoms with Crippen molar-refractivity contribution in [3.8, 4) is 22.9 Å². The van der Waals surface area contributed by atoms with Gasteiger partial charge in [-0.15, -0.1) is 0 Å². The van der Waals surface area contributed by atoms with Crippen LogP contribution in [0.2, 0.25) is 0 Å². The second-order valence-corrected chi connectivity index (χ2v) is 12.2. The van der Waals surface area contributed by atoms with Gasteiger partial charge in [-0.1, -0.05) is 19.3 Å². The Labute approximate surface area is 205 Å². The molecular formula is C22H21F3N4O5S2. The Hall–Kier alpha value is -3.10. The molecule has 0 unspecified atom stereocenters. The average Bonchev–Trinajstić information content (AvgIpc) is 2.82. The van der Waals surface area contributed by atoms with E-state index in [1.165, 1.54) is 30.6 Å². The highest BCUT2D eigenvalue weighted by Crippen LogP contribution is 2.46. The van der Waals surface area contributed by atoms with Gasteiger partial charge in [0.2, 0.25) is 36.7 Å². The van der Waals surface area contributed by atoms with Gasteiger partial charge in [-0.05, 0) is 31.0 Å². The molecule has 0 amide bonds. The van der Waals surface area contributed by atoms with Gasteiger partial charge in [0.1, 0.15) is 10.6 Å². The fraction of sp³-hybridized carbons (Fsp3) is 0.318. The standard InChI is InChI=1S/C22H21F3N4O5S2/c1-35(30,31)21-28-11-7-15(29-21)13-6-5-10-27-20(13)34-16-12-14(23)17(19(25)18(16)24)22(36(26,32)33)8-3-2-4-9-22/h5-7,10-12H,2-4,8-9H2,1H3,(H2,26,32,33). The maximum absolute atomic E-state index is 15.3. The summed E-state index contributed by atoms with van der Waals surface area (Å²) in [5, 5.41) is 4.89. The fourth-order valence-electron chi connectivity index (χ4n) is 4.31. The first-order valence-corrected chi connectivity index (χ1v) is 14.2. The van der Waals surface area contributed by atoms with Crippen molar-refractivity contribution in [2.24, 2.45) is 5.14 Å². The summed E-state index contributed by atoms with van der Waals surface area (Å²) in [7, 11) is -8.25. The molecule has 0 radical (unpaired) electrons. The van der Waals surface area contributed by atoms with Crippen molar-refractivity contribution < 1.29 is 34.7 Å². The largest absolute Gasteiger partial charge is 0.435 e. The molecule has 1 fully saturated rings. The maximum Gasteiger partial charge on any atom is 0.247 e. The Morgan fingerprint density at radius 2 is 1.67 bits per heavy atom. The van der Waals surface area contributed by atoms with E-state index >= 15 is 13.2 Å². The number of sulfone groups is 1. The van der Waals surface area contributed by atoms with Crippen LogP contribution in [-0.2, 0) is 24.6 Å². The molecule has 1 aliphatic rings. The molecule has 1 aromatic carbocycles. The van der Waals surface area contributed by atoms with Crippen molar-refractivity contribution in [2.75, 3.05) is 6.26 Å². The Morgan fingerprint density at radius 3 is 2.31 bits per heavy atom. The molecule has 0 bridgehead atoms. The van der Waals surface area contributed by atoms with Gasteiger partial charge in [-0.3, -0.25) is 0 Å². The predicted octanol–water partition coefficient (Wildman–Crippen LogP) is 3.60. The number of nitrogens with zero attached hydrogens (tertiary/aromatic N) is 3. The maximum atomic E-state index is 15.3. The minimum atomic E-state index is -4.50. The number of rotatable bonds is 6. The number of sulfonamides is 1. The molecular weight excluding hydrogens is 521 g/mol. The summed E-state index contributed by atoms with van der Waals surface area (Å²) in [6, 6.07) is 4.77. The van der Waals surface area contributed by atoms with Crippen molar-refractivity contribution in [1.82, 2.24) is 15.0 Å². The van der Waals surface area contributed by atoms with E-state index in [9.17, 15) is 16.8 Å². The van der Waals surface area contributed by atoms with Gasteiger partial charge >= 0.3 is 0 Å². The molecule has 0 atom stereocenters. The van der Waals surface area contributed by atoms with Gasteiger partial charge in [0.05, 0.1) is 11.3 Å². The zero-order valence-corrected chi connectivity index (χ0v) is 20.5. The lowest BCUT2D eigenvalue weighted by Gasteiger charge is -2.35. The minimum Gasteiger partial charge on any atom is -0.435 e. The van der Waals surface area contributed by atoms with Crippen LogP contribution in [0.25, 0.3) is 11.3 Å². The number of nitrogens with two attached hydrogens (primary N) is 1. The highest BCUT2D eigenvalue weighted by atomic mass is 32.2. The topological polar surface area (TPSA) is 142 Å². The highest BCUT2D eigenvalue weighted by Gasteiger charge is 2.49. The molecule has 9 nitrogen and oxygen atoms in total. The number of benzene rings is 1. The van der Waals surface area contributed by atoms with Crippen molar-refractivity contribution in [2.45, 2.75) is 42.0 Å². The summed E-state index contributed by atoms with van der Waals surface area (Å²) < 4.78 is 97.4. The number of aromatic nitrogens is 3. The summed E-state index contributed by atoms with van der Waals surface area (Å²) in [5.41, 5.74) is -0.825. The van der Waals surface area contributed by atoms with Crippen molar-refractivity contribution in [3.63, 3.8) is 0 Å². The van der Waals surface area contributed by atoms with Gasteiger partial charge in [-0.25, -0.2) is 45.7 Å². The Kier molecular flexibility index (Phi) is 6.79. The molecule has 0 aliphatic heterocycles. The number of halogens is 3. The fourth-order valence-corrected chi connectivity index (χ4v) is 6.15. The summed E-state index contributed by atoms with van der Waals surface area (Å²) in [6.07, 6.45) is 4.39. The van der Waals surface area contributed by atoms with Crippen LogP contribution < -0.4 is 9.88 Å². The molecule has 0 spiro atoms. The van der Waals surface area contributed by atoms with Crippen molar-refractivity contribution in [1.29, 1.82) is 0 Å². The molecule has 36 heavy (non-hydrogen) atoms. The summed E-state index contributed by atoms with van der Waals surface area (Å²) in [4.78, 5) is 11.6. The molecule has 14 heteroatoms. The van der Waals surface area contributed by atoms with E-state index < -0.39 is 58.5 Å². The molecule has 1 aliphatic carbocycles. The van der Waals surface area contributed by atoms with Crippen LogP contribution in [0.1, 0.15) is 37.7 Å². The van der Waals surface area contributed by atoms with Gasteiger partial charge < -0.3 is 4.74 Å². The molecule has 0 saturated heterocycles. The monoisotopic (exact) mass is 542 g/mol. The Bertz CT molecular complexity index is 1540. The van der Waals surface area contributed by atoms with Gasteiger partial charge in [0.15, 0.2) is 11.6 Å². The first-order chi connectivity index (χ1) is 16.8. The third kappa shape index (κ3) is 4.67. The van der Waals surface area contributed by atoms with Crippen molar-refractivity contribution in [3.05, 3.63) is 59.7 Å². The van der Waals surface area contributed by atoms with Gasteiger partial charge in [0, 0.05) is 30.3 Å². The van der Waals surface area contributed by atoms with E-state index in [-0.39, 0.29) is 30.0 Å². The van der Waals surface area contributed by atoms with E-state index in [1.54, 1.807) is 0 Å². The van der Waals surface area contributed by atoms with E-state index in [2.05, 4.69) is 15.0 Å². The van der Waals surface area contributed by atoms with E-state index in [0.29, 0.717) is 25.3 Å². The average molecular weight is 543 g/mol. The third-order valence-corrected chi connectivity index (χ3v) is 8.57. The highest BCUT2D eigenvalue weighted by molar-refractivity contribution is 7.90. The molecule has 2 heterocycles. The SMILES string of the molecule is CS(=O)(=O)c1nccc(-c2cccnc2Oc2cc(F)c(C3(S(N)(=O)=O)CCCCC3)c(F)c2F)n1. The number of hydrogen-bond donors (Lipinski definition) is 1. The summed E-state index contributed by atoms with van der Waals surface area (Å²) in [5.74, 6) is -5.92. The Balaban J connectivity index is 1.80. The predicted molar refractivity (Wildman–Crippen MR) is 123 cm³/mol. The second kappa shape index (κ2) is 9.41. The quantitative estimate of drug-likeness (QED) is 0.368. The lowest BCUT2D eigenvalue weighted by Crippen LogP contribution is -2.44. The first-order valence-electron chi connectivity index (χ1n) is 10.7. The van der Waals surface area contributed by atoms with Crippen LogP contribution in [0.15, 0.2) is 41.8 Å². The molecule has 3 aromatic rings. The minimum absolute atomic E-state index is 0.0434. The van der Waals surface area contributed by atoms with Crippen LogP contribution in [0.4, 0.5) is 13.2 Å². The zero-order valence-electron chi connectivity index (χ0n) is 18.9. The summed E-state index contributed by atoms with van der Waals surface area (Å²) >= 11 is 0. The number of hydrogen-bond acceptors (Lipinski definition) is 8. The van der Waals surface area contributed by atoms with Crippen LogP contribution >= 0.6 is 0 Å². The van der Waals surface area contributed by atoms with Crippen LogP contribution in [0.3, 0.4) is 0 Å². The van der Waals surface area contributed by atoms with Crippen molar-refractivity contribution >= 4 is 19.9 Å². The lowest BCUT2D eigenvalue weighted by molar-refractivity contribution is 0.340. The van der Waals surface area contributed by atoms with E-state index in [0.717, 1.165) is 6.26 Å². The van der Waals surface area contributed by atoms with Gasteiger partial charge in [0.25, 0.3) is 0 Å². The Morgan fingerprint density at radius 1 is 0.972 bits per heavy atom. The smallest absolute Gasteiger partial charge is 0.247 e. The number of pyridine rings is 1. The molecule has 192 valence electrons. The van der Waals surface area contributed by atoms with E-state index in [1.807, 2.05) is 0 Å². The van der Waals surface area contributed by atoms with E-state index in [4.69, 9.17) is 9.88 Å². The summed E-state index contributed by atoms with van der Waals surface area (Å²) in [6.45, 7) is 0. The first kappa shape index (κ1) is 26.0. The number of primary sulfonamides is 1. The molecule has 4 rings (SSSR count). The zero-order chi connectivity index (χ0) is 26.3. The number of ether oxygens (including phenoxy) is 1. The van der Waals surface area contributed by atoms with Crippen LogP contribution in [0.5, 0.6) is 11.6 Å². The molecule has 1 saturated carbocycles.